The number of hydrogen-bond donors (Lipinski definition) is 2. The summed E-state index contributed by atoms with van der Waals surface area (Å²) in [6.07, 6.45) is 3.18. The summed E-state index contributed by atoms with van der Waals surface area (Å²) in [5, 5.41) is 12.1. The molecular formula is C14H23NO. The number of benzene rings is 1. The van der Waals surface area contributed by atoms with E-state index in [1.807, 2.05) is 0 Å². The number of rotatable bonds is 7. The molecule has 0 fully saturated rings. The fourth-order valence-electron chi connectivity index (χ4n) is 1.78. The first-order valence-electron chi connectivity index (χ1n) is 6.21. The van der Waals surface area contributed by atoms with Crippen molar-refractivity contribution in [1.29, 1.82) is 0 Å². The minimum Gasteiger partial charge on any atom is -0.396 e. The summed E-state index contributed by atoms with van der Waals surface area (Å²) in [4.78, 5) is 0. The minimum atomic E-state index is 0.259. The number of hydrogen-bond acceptors (Lipinski definition) is 2. The number of aliphatic hydroxyl groups excluding tert-OH is 1. The third-order valence-electron chi connectivity index (χ3n) is 2.80. The summed E-state index contributed by atoms with van der Waals surface area (Å²) in [5.74, 6) is 0. The van der Waals surface area contributed by atoms with Crippen LogP contribution in [0.1, 0.15) is 43.9 Å². The monoisotopic (exact) mass is 221 g/mol. The van der Waals surface area contributed by atoms with Crippen molar-refractivity contribution in [1.82, 2.24) is 5.32 Å². The lowest BCUT2D eigenvalue weighted by molar-refractivity contribution is 0.284. The molecule has 0 saturated heterocycles. The maximum Gasteiger partial charge on any atom is 0.0443 e. The zero-order valence-corrected chi connectivity index (χ0v) is 10.4. The Morgan fingerprint density at radius 3 is 2.50 bits per heavy atom. The van der Waals surface area contributed by atoms with Crippen LogP contribution in [-0.4, -0.2) is 18.3 Å². The summed E-state index contributed by atoms with van der Waals surface area (Å²) in [5.41, 5.74) is 2.73. The number of aliphatic hydroxyl groups is 1. The van der Waals surface area contributed by atoms with Gasteiger partial charge in [0.2, 0.25) is 0 Å². The predicted octanol–water partition coefficient (Wildman–Crippen LogP) is 2.67. The molecule has 1 rings (SSSR count). The molecule has 0 amide bonds. The van der Waals surface area contributed by atoms with Crippen molar-refractivity contribution in [2.24, 2.45) is 0 Å². The van der Waals surface area contributed by atoms with Crippen molar-refractivity contribution < 1.29 is 5.11 Å². The first-order chi connectivity index (χ1) is 7.77. The number of aryl methyl sites for hydroxylation is 1. The van der Waals surface area contributed by atoms with E-state index >= 15 is 0 Å². The van der Waals surface area contributed by atoms with Crippen LogP contribution in [-0.2, 0) is 6.42 Å². The maximum atomic E-state index is 8.71. The number of nitrogens with one attached hydrogen (secondary N) is 1. The van der Waals surface area contributed by atoms with Crippen molar-refractivity contribution in [3.63, 3.8) is 0 Å². The van der Waals surface area contributed by atoms with E-state index in [2.05, 4.69) is 43.4 Å². The molecule has 2 N–H and O–H groups in total. The second-order valence-corrected chi connectivity index (χ2v) is 4.24. The van der Waals surface area contributed by atoms with Crippen LogP contribution >= 0.6 is 0 Å². The van der Waals surface area contributed by atoms with Gasteiger partial charge in [-0.25, -0.2) is 0 Å². The van der Waals surface area contributed by atoms with Gasteiger partial charge in [0.25, 0.3) is 0 Å². The summed E-state index contributed by atoms with van der Waals surface area (Å²) < 4.78 is 0. The maximum absolute atomic E-state index is 8.71. The van der Waals surface area contributed by atoms with E-state index in [-0.39, 0.29) is 6.61 Å². The molecule has 1 aromatic rings. The molecule has 0 heterocycles. The molecule has 0 saturated carbocycles. The van der Waals surface area contributed by atoms with Gasteiger partial charge in [0, 0.05) is 12.6 Å². The fraction of sp³-hybridized carbons (Fsp3) is 0.571. The van der Waals surface area contributed by atoms with Crippen molar-refractivity contribution in [3.8, 4) is 0 Å². The normalized spacial score (nSPS) is 12.7. The Morgan fingerprint density at radius 2 is 1.94 bits per heavy atom. The van der Waals surface area contributed by atoms with E-state index in [0.717, 1.165) is 19.4 Å². The highest BCUT2D eigenvalue weighted by atomic mass is 16.3. The van der Waals surface area contributed by atoms with Crippen LogP contribution in [0.3, 0.4) is 0 Å². The van der Waals surface area contributed by atoms with Crippen LogP contribution < -0.4 is 5.32 Å². The topological polar surface area (TPSA) is 32.3 Å². The highest BCUT2D eigenvalue weighted by Crippen LogP contribution is 2.14. The van der Waals surface area contributed by atoms with E-state index < -0.39 is 0 Å². The molecule has 0 spiro atoms. The summed E-state index contributed by atoms with van der Waals surface area (Å²) in [6, 6.07) is 9.18. The Hall–Kier alpha value is -0.860. The molecule has 0 bridgehead atoms. The van der Waals surface area contributed by atoms with Crippen molar-refractivity contribution in [2.75, 3.05) is 13.2 Å². The Labute approximate surface area is 98.7 Å². The van der Waals surface area contributed by atoms with Crippen molar-refractivity contribution in [3.05, 3.63) is 35.4 Å². The molecule has 2 heteroatoms. The molecule has 1 aromatic carbocycles. The van der Waals surface area contributed by atoms with Gasteiger partial charge in [-0.2, -0.15) is 0 Å². The Balaban J connectivity index is 2.46. The minimum absolute atomic E-state index is 0.259. The molecule has 0 radical (unpaired) electrons. The van der Waals surface area contributed by atoms with Crippen LogP contribution in [0.5, 0.6) is 0 Å². The van der Waals surface area contributed by atoms with Crippen LogP contribution in [0, 0.1) is 0 Å². The van der Waals surface area contributed by atoms with Gasteiger partial charge in [0.05, 0.1) is 0 Å². The SMILES string of the molecule is CCCc1ccc(C(C)NCCCO)cc1. The van der Waals surface area contributed by atoms with Crippen molar-refractivity contribution >= 4 is 0 Å². The third kappa shape index (κ3) is 4.33. The predicted molar refractivity (Wildman–Crippen MR) is 68.6 cm³/mol. The molecule has 0 aliphatic carbocycles. The lowest BCUT2D eigenvalue weighted by Gasteiger charge is -2.14. The zero-order valence-electron chi connectivity index (χ0n) is 10.4. The lowest BCUT2D eigenvalue weighted by atomic mass is 10.0. The van der Waals surface area contributed by atoms with Gasteiger partial charge in [-0.15, -0.1) is 0 Å². The summed E-state index contributed by atoms with van der Waals surface area (Å²) in [7, 11) is 0. The molecule has 1 atom stereocenters. The largest absolute Gasteiger partial charge is 0.396 e. The summed E-state index contributed by atoms with van der Waals surface area (Å²) >= 11 is 0. The van der Waals surface area contributed by atoms with E-state index in [4.69, 9.17) is 5.11 Å². The van der Waals surface area contributed by atoms with Crippen LogP contribution in [0.25, 0.3) is 0 Å². The van der Waals surface area contributed by atoms with Crippen LogP contribution in [0.2, 0.25) is 0 Å². The Bertz CT molecular complexity index is 281. The van der Waals surface area contributed by atoms with E-state index in [1.54, 1.807) is 0 Å². The molecule has 0 aromatic heterocycles. The Morgan fingerprint density at radius 1 is 1.25 bits per heavy atom. The molecular weight excluding hydrogens is 198 g/mol. The van der Waals surface area contributed by atoms with E-state index in [1.165, 1.54) is 17.5 Å². The van der Waals surface area contributed by atoms with Crippen LogP contribution in [0.15, 0.2) is 24.3 Å². The van der Waals surface area contributed by atoms with Gasteiger partial charge in [0.15, 0.2) is 0 Å². The quantitative estimate of drug-likeness (QED) is 0.694. The van der Waals surface area contributed by atoms with Gasteiger partial charge in [-0.3, -0.25) is 0 Å². The van der Waals surface area contributed by atoms with Gasteiger partial charge >= 0.3 is 0 Å². The lowest BCUT2D eigenvalue weighted by Crippen LogP contribution is -2.20. The smallest absolute Gasteiger partial charge is 0.0443 e. The second kappa shape index (κ2) is 7.42. The second-order valence-electron chi connectivity index (χ2n) is 4.24. The molecule has 0 aliphatic heterocycles. The van der Waals surface area contributed by atoms with E-state index in [9.17, 15) is 0 Å². The molecule has 2 nitrogen and oxygen atoms in total. The van der Waals surface area contributed by atoms with Gasteiger partial charge in [0.1, 0.15) is 0 Å². The highest BCUT2D eigenvalue weighted by molar-refractivity contribution is 5.24. The van der Waals surface area contributed by atoms with Gasteiger partial charge in [-0.05, 0) is 37.4 Å². The molecule has 0 aliphatic rings. The van der Waals surface area contributed by atoms with Gasteiger partial charge < -0.3 is 10.4 Å². The van der Waals surface area contributed by atoms with Gasteiger partial charge in [-0.1, -0.05) is 37.6 Å². The molecule has 1 unspecified atom stereocenters. The Kier molecular flexibility index (Phi) is 6.12. The molecule has 90 valence electrons. The highest BCUT2D eigenvalue weighted by Gasteiger charge is 2.03. The summed E-state index contributed by atoms with van der Waals surface area (Å²) in [6.45, 7) is 5.49. The first-order valence-corrected chi connectivity index (χ1v) is 6.21. The third-order valence-corrected chi connectivity index (χ3v) is 2.80. The molecule has 16 heavy (non-hydrogen) atoms. The first kappa shape index (κ1) is 13.2. The van der Waals surface area contributed by atoms with Crippen molar-refractivity contribution in [2.45, 2.75) is 39.2 Å². The van der Waals surface area contributed by atoms with E-state index in [0.29, 0.717) is 6.04 Å². The average Bonchev–Trinajstić information content (AvgIpc) is 2.30. The fourth-order valence-corrected chi connectivity index (χ4v) is 1.78. The van der Waals surface area contributed by atoms with Crippen LogP contribution in [0.4, 0.5) is 0 Å². The standard InChI is InChI=1S/C14H23NO/c1-3-5-13-6-8-14(9-7-13)12(2)15-10-4-11-16/h6-9,12,15-16H,3-5,10-11H2,1-2H3. The average molecular weight is 221 g/mol. The zero-order chi connectivity index (χ0) is 11.8.